The van der Waals surface area contributed by atoms with Crippen molar-refractivity contribution < 1.29 is 14.0 Å². The van der Waals surface area contributed by atoms with Crippen LogP contribution in [-0.4, -0.2) is 18.0 Å². The second-order valence-electron chi connectivity index (χ2n) is 5.58. The van der Waals surface area contributed by atoms with E-state index in [2.05, 4.69) is 15.8 Å². The van der Waals surface area contributed by atoms with E-state index in [1.165, 1.54) is 6.26 Å². The molecule has 3 rings (SSSR count). The van der Waals surface area contributed by atoms with Gasteiger partial charge in [0, 0.05) is 10.7 Å². The van der Waals surface area contributed by atoms with Crippen molar-refractivity contribution in [3.05, 3.63) is 75.1 Å². The van der Waals surface area contributed by atoms with Gasteiger partial charge in [-0.3, -0.25) is 14.4 Å². The van der Waals surface area contributed by atoms with Gasteiger partial charge in [0.15, 0.2) is 0 Å². The normalized spacial score (nSPS) is 10.9. The standard InChI is InChI=1S/C19H14ClN3O4/c1-11-14(20)6-4-7-15(11)22-18(25)19(26)23-21-9-12-10-27-16-8-3-2-5-13(16)17(12)24/h2-10H,1H3,(H,22,25)(H,23,26). The number of fused-ring (bicyclic) bond motifs is 1. The zero-order valence-electron chi connectivity index (χ0n) is 14.2. The van der Waals surface area contributed by atoms with Crippen LogP contribution in [0.25, 0.3) is 11.0 Å². The number of nitrogens with zero attached hydrogens (tertiary/aromatic N) is 1. The second-order valence-corrected chi connectivity index (χ2v) is 5.99. The van der Waals surface area contributed by atoms with Crippen LogP contribution in [0.1, 0.15) is 11.1 Å². The van der Waals surface area contributed by atoms with Crippen LogP contribution in [0, 0.1) is 6.92 Å². The summed E-state index contributed by atoms with van der Waals surface area (Å²) in [4.78, 5) is 36.1. The molecule has 0 bridgehead atoms. The molecule has 0 unspecified atom stereocenters. The SMILES string of the molecule is Cc1c(Cl)cccc1NC(=O)C(=O)NN=Cc1coc2ccccc2c1=O. The van der Waals surface area contributed by atoms with E-state index in [1.54, 1.807) is 49.4 Å². The lowest BCUT2D eigenvalue weighted by Crippen LogP contribution is -2.32. The molecular weight excluding hydrogens is 370 g/mol. The van der Waals surface area contributed by atoms with Crippen molar-refractivity contribution in [2.45, 2.75) is 6.92 Å². The molecule has 0 saturated heterocycles. The molecule has 1 heterocycles. The highest BCUT2D eigenvalue weighted by Crippen LogP contribution is 2.22. The Balaban J connectivity index is 1.68. The third kappa shape index (κ3) is 4.04. The molecule has 7 nitrogen and oxygen atoms in total. The van der Waals surface area contributed by atoms with Crippen LogP contribution >= 0.6 is 11.6 Å². The number of anilines is 1. The average Bonchev–Trinajstić information content (AvgIpc) is 2.67. The lowest BCUT2D eigenvalue weighted by molar-refractivity contribution is -0.136. The number of para-hydroxylation sites is 1. The Morgan fingerprint density at radius 1 is 1.11 bits per heavy atom. The van der Waals surface area contributed by atoms with E-state index in [0.717, 1.165) is 6.21 Å². The molecule has 1 aromatic heterocycles. The minimum absolute atomic E-state index is 0.139. The Labute approximate surface area is 158 Å². The van der Waals surface area contributed by atoms with Crippen LogP contribution in [0.15, 0.2) is 63.0 Å². The number of hydrazone groups is 1. The summed E-state index contributed by atoms with van der Waals surface area (Å²) in [6, 6.07) is 11.7. The number of carbonyl (C=O) groups excluding carboxylic acids is 2. The maximum Gasteiger partial charge on any atom is 0.329 e. The first-order valence-corrected chi connectivity index (χ1v) is 8.25. The van der Waals surface area contributed by atoms with Crippen LogP contribution in [0.5, 0.6) is 0 Å². The van der Waals surface area contributed by atoms with E-state index < -0.39 is 11.8 Å². The molecule has 0 atom stereocenters. The fourth-order valence-electron chi connectivity index (χ4n) is 2.32. The number of nitrogens with one attached hydrogen (secondary N) is 2. The van der Waals surface area contributed by atoms with E-state index in [4.69, 9.17) is 16.0 Å². The Bertz CT molecular complexity index is 1120. The van der Waals surface area contributed by atoms with Crippen molar-refractivity contribution in [1.82, 2.24) is 5.43 Å². The lowest BCUT2D eigenvalue weighted by Gasteiger charge is -2.08. The number of benzene rings is 2. The monoisotopic (exact) mass is 383 g/mol. The van der Waals surface area contributed by atoms with Gasteiger partial charge in [0.1, 0.15) is 11.8 Å². The van der Waals surface area contributed by atoms with Gasteiger partial charge < -0.3 is 9.73 Å². The lowest BCUT2D eigenvalue weighted by atomic mass is 10.2. The van der Waals surface area contributed by atoms with Gasteiger partial charge in [-0.1, -0.05) is 29.8 Å². The van der Waals surface area contributed by atoms with Gasteiger partial charge in [-0.25, -0.2) is 5.43 Å². The van der Waals surface area contributed by atoms with Gasteiger partial charge in [0.05, 0.1) is 17.2 Å². The maximum atomic E-state index is 12.3. The summed E-state index contributed by atoms with van der Waals surface area (Å²) in [5, 5.41) is 6.94. The third-order valence-corrected chi connectivity index (χ3v) is 4.21. The molecule has 8 heteroatoms. The molecule has 3 aromatic rings. The van der Waals surface area contributed by atoms with Gasteiger partial charge in [-0.05, 0) is 36.8 Å². The molecule has 0 saturated carbocycles. The van der Waals surface area contributed by atoms with Crippen LogP contribution in [0.4, 0.5) is 5.69 Å². The van der Waals surface area contributed by atoms with E-state index in [1.807, 2.05) is 0 Å². The van der Waals surface area contributed by atoms with Gasteiger partial charge in [-0.15, -0.1) is 0 Å². The molecule has 2 N–H and O–H groups in total. The summed E-state index contributed by atoms with van der Waals surface area (Å²) >= 11 is 5.97. The zero-order valence-corrected chi connectivity index (χ0v) is 14.9. The topological polar surface area (TPSA) is 101 Å². The molecule has 0 spiro atoms. The summed E-state index contributed by atoms with van der Waals surface area (Å²) in [5.74, 6) is -1.90. The predicted octanol–water partition coefficient (Wildman–Crippen LogP) is 2.84. The first kappa shape index (κ1) is 18.3. The van der Waals surface area contributed by atoms with E-state index >= 15 is 0 Å². The number of hydrogen-bond donors (Lipinski definition) is 2. The third-order valence-electron chi connectivity index (χ3n) is 3.80. The van der Waals surface area contributed by atoms with E-state index in [-0.39, 0.29) is 11.0 Å². The maximum absolute atomic E-state index is 12.3. The van der Waals surface area contributed by atoms with Crippen LogP contribution in [0.2, 0.25) is 5.02 Å². The molecule has 136 valence electrons. The zero-order chi connectivity index (χ0) is 19.4. The van der Waals surface area contributed by atoms with Crippen molar-refractivity contribution in [1.29, 1.82) is 0 Å². The number of hydrogen-bond acceptors (Lipinski definition) is 5. The van der Waals surface area contributed by atoms with E-state index in [9.17, 15) is 14.4 Å². The molecule has 0 aliphatic carbocycles. The summed E-state index contributed by atoms with van der Waals surface area (Å²) in [5.41, 5.74) is 3.41. The highest BCUT2D eigenvalue weighted by Gasteiger charge is 2.14. The Morgan fingerprint density at radius 3 is 2.70 bits per heavy atom. The summed E-state index contributed by atoms with van der Waals surface area (Å²) in [7, 11) is 0. The minimum Gasteiger partial charge on any atom is -0.463 e. The van der Waals surface area contributed by atoms with E-state index in [0.29, 0.717) is 27.2 Å². The Morgan fingerprint density at radius 2 is 1.89 bits per heavy atom. The quantitative estimate of drug-likeness (QED) is 0.412. The number of amides is 2. The van der Waals surface area contributed by atoms with Crippen LogP contribution in [0.3, 0.4) is 0 Å². The van der Waals surface area contributed by atoms with Crippen molar-refractivity contribution in [3.63, 3.8) is 0 Å². The average molecular weight is 384 g/mol. The van der Waals surface area contributed by atoms with Crippen molar-refractivity contribution >= 4 is 46.3 Å². The second kappa shape index (κ2) is 7.84. The molecule has 2 aromatic carbocycles. The van der Waals surface area contributed by atoms with Crippen molar-refractivity contribution in [2.75, 3.05) is 5.32 Å². The molecule has 0 aliphatic rings. The molecular formula is C19H14ClN3O4. The summed E-state index contributed by atoms with van der Waals surface area (Å²) < 4.78 is 5.34. The number of halogens is 1. The Hall–Kier alpha value is -3.45. The largest absolute Gasteiger partial charge is 0.463 e. The minimum atomic E-state index is -0.990. The van der Waals surface area contributed by atoms with Crippen LogP contribution < -0.4 is 16.2 Å². The summed E-state index contributed by atoms with van der Waals surface area (Å²) in [6.07, 6.45) is 2.35. The molecule has 0 aliphatic heterocycles. The smallest absolute Gasteiger partial charge is 0.329 e. The first-order valence-electron chi connectivity index (χ1n) is 7.87. The van der Waals surface area contributed by atoms with Crippen LogP contribution in [-0.2, 0) is 9.59 Å². The summed E-state index contributed by atoms with van der Waals surface area (Å²) in [6.45, 7) is 1.72. The van der Waals surface area contributed by atoms with Gasteiger partial charge in [0.2, 0.25) is 5.43 Å². The fraction of sp³-hybridized carbons (Fsp3) is 0.0526. The molecule has 0 radical (unpaired) electrons. The number of rotatable bonds is 3. The molecule has 27 heavy (non-hydrogen) atoms. The van der Waals surface area contributed by atoms with Gasteiger partial charge in [-0.2, -0.15) is 5.10 Å². The van der Waals surface area contributed by atoms with Gasteiger partial charge >= 0.3 is 11.8 Å². The fourth-order valence-corrected chi connectivity index (χ4v) is 2.49. The number of carbonyl (C=O) groups is 2. The highest BCUT2D eigenvalue weighted by atomic mass is 35.5. The Kier molecular flexibility index (Phi) is 5.33. The predicted molar refractivity (Wildman–Crippen MR) is 103 cm³/mol. The highest BCUT2D eigenvalue weighted by molar-refractivity contribution is 6.40. The molecule has 0 fully saturated rings. The van der Waals surface area contributed by atoms with Crippen molar-refractivity contribution in [3.8, 4) is 0 Å². The van der Waals surface area contributed by atoms with Crippen molar-refractivity contribution in [2.24, 2.45) is 5.10 Å². The molecule has 2 amide bonds. The van der Waals surface area contributed by atoms with Gasteiger partial charge in [0.25, 0.3) is 0 Å². The first-order chi connectivity index (χ1) is 13.0.